The summed E-state index contributed by atoms with van der Waals surface area (Å²) in [7, 11) is 0. The summed E-state index contributed by atoms with van der Waals surface area (Å²) in [5, 5.41) is 17.6. The minimum absolute atomic E-state index is 0.0412. The molecule has 0 bridgehead atoms. The molecule has 1 aliphatic carbocycles. The molecule has 0 unspecified atom stereocenters. The van der Waals surface area contributed by atoms with Gasteiger partial charge < -0.3 is 5.32 Å². The molecule has 1 aromatic heterocycles. The molecule has 5 nitrogen and oxygen atoms in total. The third-order valence-electron chi connectivity index (χ3n) is 2.72. The molecule has 0 aromatic carbocycles. The lowest BCUT2D eigenvalue weighted by Crippen LogP contribution is -2.21. The molecule has 1 fully saturated rings. The number of aromatic nitrogens is 2. The molecule has 5 heteroatoms. The largest absolute Gasteiger partial charge is 0.310 e. The highest BCUT2D eigenvalue weighted by atomic mass is 16.1. The van der Waals surface area contributed by atoms with E-state index in [1.165, 1.54) is 12.6 Å². The van der Waals surface area contributed by atoms with Gasteiger partial charge in [0.05, 0.1) is 6.20 Å². The maximum absolute atomic E-state index is 11.5. The molecule has 1 heterocycles. The molecule has 0 spiro atoms. The van der Waals surface area contributed by atoms with Crippen LogP contribution in [0.4, 0.5) is 5.82 Å². The van der Waals surface area contributed by atoms with Gasteiger partial charge in [0.15, 0.2) is 0 Å². The van der Waals surface area contributed by atoms with Crippen molar-refractivity contribution in [3.05, 3.63) is 11.8 Å². The van der Waals surface area contributed by atoms with Crippen LogP contribution in [0.2, 0.25) is 0 Å². The van der Waals surface area contributed by atoms with Crippen molar-refractivity contribution in [1.29, 1.82) is 5.26 Å². The second kappa shape index (κ2) is 4.13. The van der Waals surface area contributed by atoms with Crippen LogP contribution in [-0.4, -0.2) is 16.1 Å². The Morgan fingerprint density at radius 1 is 1.73 bits per heavy atom. The molecule has 1 saturated carbocycles. The Morgan fingerprint density at radius 3 is 3.13 bits per heavy atom. The average molecular weight is 204 g/mol. The van der Waals surface area contributed by atoms with E-state index in [1.807, 2.05) is 6.07 Å². The Bertz CT molecular complexity index is 400. The molecule has 1 amide bonds. The van der Waals surface area contributed by atoms with E-state index in [2.05, 4.69) is 15.5 Å². The van der Waals surface area contributed by atoms with Crippen molar-refractivity contribution in [3.8, 4) is 6.07 Å². The van der Waals surface area contributed by atoms with Gasteiger partial charge in [0, 0.05) is 6.42 Å². The summed E-state index contributed by atoms with van der Waals surface area (Å²) < 4.78 is 0. The van der Waals surface area contributed by atoms with Crippen LogP contribution in [0, 0.1) is 17.2 Å². The number of amides is 1. The summed E-state index contributed by atoms with van der Waals surface area (Å²) in [6.07, 6.45) is 5.46. The monoisotopic (exact) mass is 204 g/mol. The Morgan fingerprint density at radius 2 is 2.53 bits per heavy atom. The molecule has 0 aliphatic heterocycles. The standard InChI is InChI=1S/C10H12N4O/c11-5-8-6-12-14-10(8)13-9(15)4-7-2-1-3-7/h6-7H,1-4H2,(H2,12,13,14,15). The zero-order valence-corrected chi connectivity index (χ0v) is 8.29. The minimum Gasteiger partial charge on any atom is -0.310 e. The van der Waals surface area contributed by atoms with Gasteiger partial charge in [-0.2, -0.15) is 10.4 Å². The van der Waals surface area contributed by atoms with Crippen molar-refractivity contribution < 1.29 is 4.79 Å². The van der Waals surface area contributed by atoms with Crippen LogP contribution in [0.3, 0.4) is 0 Å². The normalized spacial score (nSPS) is 15.4. The molecule has 2 rings (SSSR count). The Kier molecular flexibility index (Phi) is 2.68. The van der Waals surface area contributed by atoms with Crippen molar-refractivity contribution in [2.24, 2.45) is 5.92 Å². The van der Waals surface area contributed by atoms with Crippen molar-refractivity contribution in [2.45, 2.75) is 25.7 Å². The van der Waals surface area contributed by atoms with Crippen LogP contribution in [-0.2, 0) is 4.79 Å². The highest BCUT2D eigenvalue weighted by molar-refractivity contribution is 5.91. The molecule has 78 valence electrons. The number of aromatic amines is 1. The number of anilines is 1. The van der Waals surface area contributed by atoms with Crippen LogP contribution in [0.1, 0.15) is 31.2 Å². The first kappa shape index (κ1) is 9.71. The number of rotatable bonds is 3. The van der Waals surface area contributed by atoms with E-state index >= 15 is 0 Å². The molecule has 15 heavy (non-hydrogen) atoms. The smallest absolute Gasteiger partial charge is 0.225 e. The van der Waals surface area contributed by atoms with Crippen LogP contribution in [0.5, 0.6) is 0 Å². The molecule has 2 N–H and O–H groups in total. The van der Waals surface area contributed by atoms with Gasteiger partial charge in [0.25, 0.3) is 0 Å². The lowest BCUT2D eigenvalue weighted by molar-refractivity contribution is -0.117. The van der Waals surface area contributed by atoms with Crippen molar-refractivity contribution in [2.75, 3.05) is 5.32 Å². The van der Waals surface area contributed by atoms with E-state index in [0.29, 0.717) is 23.7 Å². The van der Waals surface area contributed by atoms with E-state index in [4.69, 9.17) is 5.26 Å². The molecule has 0 atom stereocenters. The molecular weight excluding hydrogens is 192 g/mol. The Labute approximate surface area is 87.5 Å². The van der Waals surface area contributed by atoms with Crippen LogP contribution >= 0.6 is 0 Å². The first-order valence-electron chi connectivity index (χ1n) is 5.03. The summed E-state index contributed by atoms with van der Waals surface area (Å²) in [5.74, 6) is 0.890. The number of hydrogen-bond acceptors (Lipinski definition) is 3. The lowest BCUT2D eigenvalue weighted by atomic mass is 9.83. The van der Waals surface area contributed by atoms with Crippen molar-refractivity contribution in [3.63, 3.8) is 0 Å². The van der Waals surface area contributed by atoms with Gasteiger partial charge in [-0.05, 0) is 18.8 Å². The first-order valence-corrected chi connectivity index (χ1v) is 5.03. The highest BCUT2D eigenvalue weighted by Crippen LogP contribution is 2.29. The fraction of sp³-hybridized carbons (Fsp3) is 0.500. The third kappa shape index (κ3) is 2.15. The predicted molar refractivity (Wildman–Crippen MR) is 53.9 cm³/mol. The maximum Gasteiger partial charge on any atom is 0.225 e. The predicted octanol–water partition coefficient (Wildman–Crippen LogP) is 1.41. The first-order chi connectivity index (χ1) is 7.29. The number of H-pyrrole nitrogens is 1. The number of nitriles is 1. The summed E-state index contributed by atoms with van der Waals surface area (Å²) in [5.41, 5.74) is 0.372. The second-order valence-electron chi connectivity index (χ2n) is 3.82. The number of nitrogens with one attached hydrogen (secondary N) is 2. The topological polar surface area (TPSA) is 81.6 Å². The fourth-order valence-corrected chi connectivity index (χ4v) is 1.62. The Balaban J connectivity index is 1.90. The van der Waals surface area contributed by atoms with Gasteiger partial charge >= 0.3 is 0 Å². The van der Waals surface area contributed by atoms with E-state index in [0.717, 1.165) is 12.8 Å². The molecule has 0 radical (unpaired) electrons. The fourth-order valence-electron chi connectivity index (χ4n) is 1.62. The average Bonchev–Trinajstić information content (AvgIpc) is 2.59. The van der Waals surface area contributed by atoms with Gasteiger partial charge in [-0.15, -0.1) is 0 Å². The molecule has 1 aromatic rings. The molecule has 0 saturated heterocycles. The summed E-state index contributed by atoms with van der Waals surface area (Å²) in [6.45, 7) is 0. The Hall–Kier alpha value is -1.83. The van der Waals surface area contributed by atoms with Gasteiger partial charge in [-0.25, -0.2) is 0 Å². The summed E-state index contributed by atoms with van der Waals surface area (Å²) >= 11 is 0. The molecule has 1 aliphatic rings. The summed E-state index contributed by atoms with van der Waals surface area (Å²) in [4.78, 5) is 11.5. The quantitative estimate of drug-likeness (QED) is 0.781. The van der Waals surface area contributed by atoms with Gasteiger partial charge in [0.2, 0.25) is 5.91 Å². The number of hydrogen-bond donors (Lipinski definition) is 2. The zero-order chi connectivity index (χ0) is 10.7. The van der Waals surface area contributed by atoms with Gasteiger partial charge in [0.1, 0.15) is 17.5 Å². The van der Waals surface area contributed by atoms with E-state index in [-0.39, 0.29) is 5.91 Å². The van der Waals surface area contributed by atoms with Crippen LogP contribution < -0.4 is 5.32 Å². The van der Waals surface area contributed by atoms with Gasteiger partial charge in [-0.1, -0.05) is 6.42 Å². The van der Waals surface area contributed by atoms with Crippen LogP contribution in [0.15, 0.2) is 6.20 Å². The third-order valence-corrected chi connectivity index (χ3v) is 2.72. The lowest BCUT2D eigenvalue weighted by Gasteiger charge is -2.24. The maximum atomic E-state index is 11.5. The van der Waals surface area contributed by atoms with Gasteiger partial charge in [-0.3, -0.25) is 9.89 Å². The summed E-state index contributed by atoms with van der Waals surface area (Å²) in [6, 6.07) is 1.95. The highest BCUT2D eigenvalue weighted by Gasteiger charge is 2.21. The number of carbonyl (C=O) groups excluding carboxylic acids is 1. The van der Waals surface area contributed by atoms with E-state index in [1.54, 1.807) is 0 Å². The SMILES string of the molecule is N#Cc1cn[nH]c1NC(=O)CC1CCC1. The van der Waals surface area contributed by atoms with Crippen molar-refractivity contribution >= 4 is 11.7 Å². The van der Waals surface area contributed by atoms with Crippen molar-refractivity contribution in [1.82, 2.24) is 10.2 Å². The van der Waals surface area contributed by atoms with Crippen LogP contribution in [0.25, 0.3) is 0 Å². The van der Waals surface area contributed by atoms with E-state index < -0.39 is 0 Å². The minimum atomic E-state index is -0.0412. The van der Waals surface area contributed by atoms with E-state index in [9.17, 15) is 4.79 Å². The number of carbonyl (C=O) groups is 1. The molecular formula is C10H12N4O. The second-order valence-corrected chi connectivity index (χ2v) is 3.82. The number of nitrogens with zero attached hydrogens (tertiary/aromatic N) is 2. The zero-order valence-electron chi connectivity index (χ0n) is 8.29.